The number of aliphatic hydroxyl groups excluding tert-OH is 1. The average molecular weight is 306 g/mol. The Morgan fingerprint density at radius 1 is 1.22 bits per heavy atom. The van der Waals surface area contributed by atoms with Crippen molar-refractivity contribution < 1.29 is 9.90 Å². The number of aliphatic hydroxyl groups is 1. The van der Waals surface area contributed by atoms with Crippen LogP contribution in [0.5, 0.6) is 0 Å². The predicted molar refractivity (Wildman–Crippen MR) is 89.4 cm³/mol. The van der Waals surface area contributed by atoms with Gasteiger partial charge in [0.25, 0.3) is 5.91 Å². The third-order valence-corrected chi connectivity index (χ3v) is 4.51. The summed E-state index contributed by atoms with van der Waals surface area (Å²) in [4.78, 5) is 15.7. The van der Waals surface area contributed by atoms with Crippen LogP contribution < -0.4 is 5.32 Å². The molecular weight excluding hydrogens is 288 g/mol. The molecule has 1 aliphatic carbocycles. The molecule has 116 valence electrons. The van der Waals surface area contributed by atoms with Crippen LogP contribution in [0.1, 0.15) is 33.2 Å². The van der Waals surface area contributed by atoms with Crippen molar-refractivity contribution in [1.29, 1.82) is 0 Å². The highest BCUT2D eigenvalue weighted by molar-refractivity contribution is 5.98. The van der Waals surface area contributed by atoms with E-state index in [0.717, 1.165) is 27.6 Å². The zero-order valence-electron chi connectivity index (χ0n) is 12.8. The minimum absolute atomic E-state index is 0.195. The van der Waals surface area contributed by atoms with E-state index in [1.807, 2.05) is 55.5 Å². The summed E-state index contributed by atoms with van der Waals surface area (Å²) in [5.41, 5.74) is 4.70. The van der Waals surface area contributed by atoms with Gasteiger partial charge in [0.15, 0.2) is 0 Å². The van der Waals surface area contributed by atoms with Crippen molar-refractivity contribution in [3.05, 3.63) is 70.9 Å². The van der Waals surface area contributed by atoms with Gasteiger partial charge in [-0.3, -0.25) is 4.79 Å². The van der Waals surface area contributed by atoms with Gasteiger partial charge in [-0.2, -0.15) is 0 Å². The zero-order chi connectivity index (χ0) is 16.0. The Balaban J connectivity index is 1.62. The Morgan fingerprint density at radius 2 is 2.04 bits per heavy atom. The van der Waals surface area contributed by atoms with Crippen LogP contribution in [0.15, 0.2) is 48.5 Å². The van der Waals surface area contributed by atoms with E-state index in [1.54, 1.807) is 0 Å². The molecule has 0 radical (unpaired) electrons. The van der Waals surface area contributed by atoms with E-state index in [0.29, 0.717) is 12.1 Å². The van der Waals surface area contributed by atoms with E-state index < -0.39 is 6.10 Å². The van der Waals surface area contributed by atoms with Crippen LogP contribution in [0, 0.1) is 6.92 Å². The average Bonchev–Trinajstić information content (AvgIpc) is 3.08. The number of amides is 1. The summed E-state index contributed by atoms with van der Waals surface area (Å²) in [6.45, 7) is 2.02. The highest BCUT2D eigenvalue weighted by Crippen LogP contribution is 2.31. The maximum Gasteiger partial charge on any atom is 0.268 e. The number of aromatic amines is 1. The Kier molecular flexibility index (Phi) is 3.20. The van der Waals surface area contributed by atoms with E-state index in [2.05, 4.69) is 10.3 Å². The second-order valence-corrected chi connectivity index (χ2v) is 6.20. The number of fused-ring (bicyclic) bond motifs is 2. The molecule has 0 spiro atoms. The summed E-state index contributed by atoms with van der Waals surface area (Å²) < 4.78 is 0. The number of H-pyrrole nitrogens is 1. The Hall–Kier alpha value is -2.59. The number of carbonyl (C=O) groups excluding carboxylic acids is 1. The summed E-state index contributed by atoms with van der Waals surface area (Å²) in [5.74, 6) is -0.195. The minimum Gasteiger partial charge on any atom is -0.390 e. The summed E-state index contributed by atoms with van der Waals surface area (Å²) in [5, 5.41) is 14.2. The number of hydrogen-bond donors (Lipinski definition) is 3. The first-order valence-electron chi connectivity index (χ1n) is 7.78. The van der Waals surface area contributed by atoms with Gasteiger partial charge in [0.1, 0.15) is 5.69 Å². The van der Waals surface area contributed by atoms with Gasteiger partial charge >= 0.3 is 0 Å². The van der Waals surface area contributed by atoms with Gasteiger partial charge in [-0.1, -0.05) is 36.4 Å². The molecule has 2 aromatic carbocycles. The van der Waals surface area contributed by atoms with Gasteiger partial charge in [0.2, 0.25) is 0 Å². The smallest absolute Gasteiger partial charge is 0.268 e. The number of benzene rings is 2. The molecule has 4 heteroatoms. The van der Waals surface area contributed by atoms with Gasteiger partial charge in [-0.05, 0) is 35.7 Å². The third kappa shape index (κ3) is 2.41. The van der Waals surface area contributed by atoms with Gasteiger partial charge in [0.05, 0.1) is 12.1 Å². The summed E-state index contributed by atoms with van der Waals surface area (Å²) >= 11 is 0. The molecule has 1 heterocycles. The highest BCUT2D eigenvalue weighted by atomic mass is 16.3. The van der Waals surface area contributed by atoms with Crippen molar-refractivity contribution in [2.75, 3.05) is 0 Å². The van der Waals surface area contributed by atoms with Crippen molar-refractivity contribution in [2.24, 2.45) is 0 Å². The first-order chi connectivity index (χ1) is 11.1. The topological polar surface area (TPSA) is 65.1 Å². The summed E-state index contributed by atoms with van der Waals surface area (Å²) in [7, 11) is 0. The van der Waals surface area contributed by atoms with Crippen LogP contribution >= 0.6 is 0 Å². The first kappa shape index (κ1) is 14.0. The molecular formula is C19H18N2O2. The van der Waals surface area contributed by atoms with Crippen molar-refractivity contribution >= 4 is 16.8 Å². The maximum atomic E-state index is 12.6. The first-order valence-corrected chi connectivity index (χ1v) is 7.78. The van der Waals surface area contributed by atoms with Crippen molar-refractivity contribution in [3.63, 3.8) is 0 Å². The lowest BCUT2D eigenvalue weighted by molar-refractivity contribution is 0.0854. The molecule has 1 aromatic heterocycles. The molecule has 1 aliphatic rings. The number of aromatic nitrogens is 1. The molecule has 0 bridgehead atoms. The number of hydrogen-bond acceptors (Lipinski definition) is 2. The van der Waals surface area contributed by atoms with E-state index in [1.165, 1.54) is 0 Å². The van der Waals surface area contributed by atoms with Gasteiger partial charge < -0.3 is 15.4 Å². The number of carbonyl (C=O) groups is 1. The number of rotatable bonds is 2. The molecule has 3 N–H and O–H groups in total. The predicted octanol–water partition coefficient (Wildman–Crippen LogP) is 2.86. The molecule has 0 aliphatic heterocycles. The van der Waals surface area contributed by atoms with Crippen molar-refractivity contribution in [2.45, 2.75) is 25.5 Å². The normalized spacial score (nSPS) is 19.7. The standard InChI is InChI=1S/C19H18N2O2/c1-11-6-7-13-9-16(20-15(13)8-11)19(23)21-18-14-5-3-2-4-12(14)10-17(18)22/h2-9,17-18,20,22H,10H2,1H3,(H,21,23)/t17-,18+/m0/s1. The van der Waals surface area contributed by atoms with Crippen LogP contribution in [0.25, 0.3) is 10.9 Å². The molecule has 3 aromatic rings. The Bertz CT molecular complexity index is 897. The van der Waals surface area contributed by atoms with Crippen LogP contribution in [-0.2, 0) is 6.42 Å². The van der Waals surface area contributed by atoms with E-state index in [4.69, 9.17) is 0 Å². The molecule has 2 atom stereocenters. The van der Waals surface area contributed by atoms with Gasteiger partial charge in [-0.25, -0.2) is 0 Å². The van der Waals surface area contributed by atoms with Crippen LogP contribution in [0.4, 0.5) is 0 Å². The maximum absolute atomic E-state index is 12.6. The lowest BCUT2D eigenvalue weighted by atomic mass is 10.1. The monoisotopic (exact) mass is 306 g/mol. The third-order valence-electron chi connectivity index (χ3n) is 4.51. The minimum atomic E-state index is -0.581. The van der Waals surface area contributed by atoms with E-state index in [-0.39, 0.29) is 11.9 Å². The lowest BCUT2D eigenvalue weighted by Gasteiger charge is -2.17. The highest BCUT2D eigenvalue weighted by Gasteiger charge is 2.32. The molecule has 4 nitrogen and oxygen atoms in total. The van der Waals surface area contributed by atoms with Gasteiger partial charge in [0, 0.05) is 17.3 Å². The van der Waals surface area contributed by atoms with Crippen LogP contribution in [0.3, 0.4) is 0 Å². The van der Waals surface area contributed by atoms with E-state index >= 15 is 0 Å². The van der Waals surface area contributed by atoms with Crippen molar-refractivity contribution in [1.82, 2.24) is 10.3 Å². The second kappa shape index (κ2) is 5.25. The van der Waals surface area contributed by atoms with E-state index in [9.17, 15) is 9.90 Å². The fourth-order valence-corrected chi connectivity index (χ4v) is 3.33. The fraction of sp³-hybridized carbons (Fsp3) is 0.211. The molecule has 0 fully saturated rings. The number of aryl methyl sites for hydroxylation is 1. The summed E-state index contributed by atoms with van der Waals surface area (Å²) in [6.07, 6.45) is -0.00418. The Labute approximate surface area is 134 Å². The molecule has 0 unspecified atom stereocenters. The Morgan fingerprint density at radius 3 is 2.91 bits per heavy atom. The SMILES string of the molecule is Cc1ccc2cc(C(=O)N[C@@H]3c4ccccc4C[C@@H]3O)[nH]c2c1. The summed E-state index contributed by atoms with van der Waals surface area (Å²) in [6, 6.07) is 15.4. The molecule has 4 rings (SSSR count). The molecule has 1 amide bonds. The quantitative estimate of drug-likeness (QED) is 0.681. The van der Waals surface area contributed by atoms with Crippen LogP contribution in [-0.4, -0.2) is 22.1 Å². The van der Waals surface area contributed by atoms with Crippen molar-refractivity contribution in [3.8, 4) is 0 Å². The second-order valence-electron chi connectivity index (χ2n) is 6.20. The van der Waals surface area contributed by atoms with Crippen LogP contribution in [0.2, 0.25) is 0 Å². The molecule has 0 saturated heterocycles. The molecule has 0 saturated carbocycles. The van der Waals surface area contributed by atoms with Gasteiger partial charge in [-0.15, -0.1) is 0 Å². The fourth-order valence-electron chi connectivity index (χ4n) is 3.33. The lowest BCUT2D eigenvalue weighted by Crippen LogP contribution is -2.34. The largest absolute Gasteiger partial charge is 0.390 e. The molecule has 23 heavy (non-hydrogen) atoms. The number of nitrogens with one attached hydrogen (secondary N) is 2. The zero-order valence-corrected chi connectivity index (χ0v) is 12.8.